The fraction of sp³-hybridized carbons (Fsp3) is 0.133. The summed E-state index contributed by atoms with van der Waals surface area (Å²) in [7, 11) is 1.71. The summed E-state index contributed by atoms with van der Waals surface area (Å²) in [6.07, 6.45) is 0. The zero-order valence-electron chi connectivity index (χ0n) is 10.7. The van der Waals surface area contributed by atoms with Gasteiger partial charge < -0.3 is 15.3 Å². The first-order valence-electron chi connectivity index (χ1n) is 6.01. The first-order chi connectivity index (χ1) is 9.16. The molecule has 0 atom stereocenters. The average molecular weight is 256 g/mol. The molecule has 2 rings (SSSR count). The highest BCUT2D eigenvalue weighted by Crippen LogP contribution is 2.17. The topological polar surface area (TPSA) is 52.6 Å². The Bertz CT molecular complexity index is 538. The molecule has 1 amide bonds. The SMILES string of the molecule is CN(C(=O)CNc1ccccc1)c1ccc(O)cc1. The van der Waals surface area contributed by atoms with Crippen LogP contribution in [0.4, 0.5) is 11.4 Å². The molecule has 0 radical (unpaired) electrons. The van der Waals surface area contributed by atoms with E-state index in [2.05, 4.69) is 5.32 Å². The first-order valence-corrected chi connectivity index (χ1v) is 6.01. The van der Waals surface area contributed by atoms with Crippen molar-refractivity contribution in [3.63, 3.8) is 0 Å². The molecule has 2 aromatic carbocycles. The lowest BCUT2D eigenvalue weighted by atomic mass is 10.2. The number of carbonyl (C=O) groups excluding carboxylic acids is 1. The largest absolute Gasteiger partial charge is 0.508 e. The summed E-state index contributed by atoms with van der Waals surface area (Å²) in [5, 5.41) is 12.3. The number of anilines is 2. The second-order valence-corrected chi connectivity index (χ2v) is 4.19. The summed E-state index contributed by atoms with van der Waals surface area (Å²) in [5.41, 5.74) is 1.66. The van der Waals surface area contributed by atoms with Crippen molar-refractivity contribution in [2.24, 2.45) is 0 Å². The van der Waals surface area contributed by atoms with E-state index in [0.29, 0.717) is 0 Å². The van der Waals surface area contributed by atoms with Crippen molar-refractivity contribution in [1.29, 1.82) is 0 Å². The Morgan fingerprint density at radius 1 is 1.11 bits per heavy atom. The summed E-state index contributed by atoms with van der Waals surface area (Å²) < 4.78 is 0. The number of hydrogen-bond acceptors (Lipinski definition) is 3. The van der Waals surface area contributed by atoms with E-state index < -0.39 is 0 Å². The summed E-state index contributed by atoms with van der Waals surface area (Å²) in [6, 6.07) is 16.1. The number of benzene rings is 2. The van der Waals surface area contributed by atoms with Crippen LogP contribution in [0.5, 0.6) is 5.75 Å². The van der Waals surface area contributed by atoms with Gasteiger partial charge in [0.1, 0.15) is 5.75 Å². The maximum atomic E-state index is 12.0. The number of amides is 1. The van der Waals surface area contributed by atoms with Crippen molar-refractivity contribution in [3.05, 3.63) is 54.6 Å². The Kier molecular flexibility index (Phi) is 4.03. The van der Waals surface area contributed by atoms with E-state index in [9.17, 15) is 9.90 Å². The smallest absolute Gasteiger partial charge is 0.246 e. The molecule has 0 saturated heterocycles. The van der Waals surface area contributed by atoms with E-state index in [1.54, 1.807) is 36.2 Å². The lowest BCUT2D eigenvalue weighted by molar-refractivity contribution is -0.116. The number of para-hydroxylation sites is 1. The van der Waals surface area contributed by atoms with Crippen LogP contribution >= 0.6 is 0 Å². The van der Waals surface area contributed by atoms with Crippen LogP contribution in [0.15, 0.2) is 54.6 Å². The maximum absolute atomic E-state index is 12.0. The molecule has 2 N–H and O–H groups in total. The lowest BCUT2D eigenvalue weighted by Gasteiger charge is -2.18. The molecule has 0 aliphatic carbocycles. The van der Waals surface area contributed by atoms with Crippen molar-refractivity contribution in [3.8, 4) is 5.75 Å². The van der Waals surface area contributed by atoms with Gasteiger partial charge in [-0.3, -0.25) is 4.79 Å². The summed E-state index contributed by atoms with van der Waals surface area (Å²) in [5.74, 6) is 0.140. The third kappa shape index (κ3) is 3.48. The number of phenolic OH excluding ortho intramolecular Hbond substituents is 1. The first kappa shape index (κ1) is 13.0. The van der Waals surface area contributed by atoms with Crippen LogP contribution in [0.1, 0.15) is 0 Å². The van der Waals surface area contributed by atoms with Gasteiger partial charge in [0.2, 0.25) is 5.91 Å². The van der Waals surface area contributed by atoms with Gasteiger partial charge in [0.15, 0.2) is 0 Å². The van der Waals surface area contributed by atoms with Crippen LogP contribution in [0.25, 0.3) is 0 Å². The highest BCUT2D eigenvalue weighted by atomic mass is 16.3. The Morgan fingerprint density at radius 3 is 2.37 bits per heavy atom. The predicted molar refractivity (Wildman–Crippen MR) is 76.4 cm³/mol. The number of carbonyl (C=O) groups is 1. The number of hydrogen-bond donors (Lipinski definition) is 2. The standard InChI is InChI=1S/C15H16N2O2/c1-17(13-7-9-14(18)10-8-13)15(19)11-16-12-5-3-2-4-6-12/h2-10,16,18H,11H2,1H3. The van der Waals surface area contributed by atoms with E-state index in [1.165, 1.54) is 0 Å². The molecule has 0 unspecified atom stereocenters. The van der Waals surface area contributed by atoms with Crippen molar-refractivity contribution >= 4 is 17.3 Å². The minimum atomic E-state index is -0.0467. The highest BCUT2D eigenvalue weighted by molar-refractivity contribution is 5.95. The van der Waals surface area contributed by atoms with Gasteiger partial charge in [-0.25, -0.2) is 0 Å². The van der Waals surface area contributed by atoms with Crippen LogP contribution in [-0.2, 0) is 4.79 Å². The second-order valence-electron chi connectivity index (χ2n) is 4.19. The Morgan fingerprint density at radius 2 is 1.74 bits per heavy atom. The molecule has 0 spiro atoms. The lowest BCUT2D eigenvalue weighted by Crippen LogP contribution is -2.32. The third-order valence-corrected chi connectivity index (χ3v) is 2.83. The van der Waals surface area contributed by atoms with Gasteiger partial charge in [-0.05, 0) is 36.4 Å². The Balaban J connectivity index is 1.94. The Hall–Kier alpha value is -2.49. The van der Waals surface area contributed by atoms with Gasteiger partial charge in [0.25, 0.3) is 0 Å². The van der Waals surface area contributed by atoms with Crippen LogP contribution in [0, 0.1) is 0 Å². The molecule has 19 heavy (non-hydrogen) atoms. The van der Waals surface area contributed by atoms with E-state index in [4.69, 9.17) is 0 Å². The quantitative estimate of drug-likeness (QED) is 0.883. The normalized spacial score (nSPS) is 9.95. The minimum Gasteiger partial charge on any atom is -0.508 e. The van der Waals surface area contributed by atoms with Crippen LogP contribution in [0.3, 0.4) is 0 Å². The number of aromatic hydroxyl groups is 1. The van der Waals surface area contributed by atoms with Crippen molar-refractivity contribution in [2.75, 3.05) is 23.8 Å². The van der Waals surface area contributed by atoms with Crippen LogP contribution in [-0.4, -0.2) is 24.6 Å². The third-order valence-electron chi connectivity index (χ3n) is 2.83. The molecular weight excluding hydrogens is 240 g/mol. The van der Waals surface area contributed by atoms with Gasteiger partial charge in [-0.15, -0.1) is 0 Å². The molecule has 0 aliphatic rings. The van der Waals surface area contributed by atoms with Gasteiger partial charge >= 0.3 is 0 Å². The number of nitrogens with zero attached hydrogens (tertiary/aromatic N) is 1. The second kappa shape index (κ2) is 5.91. The van der Waals surface area contributed by atoms with E-state index in [-0.39, 0.29) is 18.2 Å². The van der Waals surface area contributed by atoms with Gasteiger partial charge in [0.05, 0.1) is 6.54 Å². The molecule has 0 aliphatic heterocycles. The fourth-order valence-electron chi connectivity index (χ4n) is 1.67. The predicted octanol–water partition coefficient (Wildman–Crippen LogP) is 2.47. The molecule has 98 valence electrons. The number of phenols is 1. The van der Waals surface area contributed by atoms with E-state index in [0.717, 1.165) is 11.4 Å². The molecule has 2 aromatic rings. The number of rotatable bonds is 4. The monoisotopic (exact) mass is 256 g/mol. The zero-order valence-corrected chi connectivity index (χ0v) is 10.7. The van der Waals surface area contributed by atoms with Crippen molar-refractivity contribution < 1.29 is 9.90 Å². The van der Waals surface area contributed by atoms with Crippen molar-refractivity contribution in [2.45, 2.75) is 0 Å². The molecule has 0 saturated carbocycles. The Labute approximate surface area is 112 Å². The van der Waals surface area contributed by atoms with Gasteiger partial charge in [0, 0.05) is 18.4 Å². The summed E-state index contributed by atoms with van der Waals surface area (Å²) >= 11 is 0. The fourth-order valence-corrected chi connectivity index (χ4v) is 1.67. The van der Waals surface area contributed by atoms with Crippen molar-refractivity contribution in [1.82, 2.24) is 0 Å². The molecule has 0 aromatic heterocycles. The molecular formula is C15H16N2O2. The van der Waals surface area contributed by atoms with E-state index in [1.807, 2.05) is 30.3 Å². The number of nitrogens with one attached hydrogen (secondary N) is 1. The summed E-state index contributed by atoms with van der Waals surface area (Å²) in [4.78, 5) is 13.6. The molecule has 0 bridgehead atoms. The van der Waals surface area contributed by atoms with E-state index >= 15 is 0 Å². The minimum absolute atomic E-state index is 0.0467. The highest BCUT2D eigenvalue weighted by Gasteiger charge is 2.10. The number of likely N-dealkylation sites (N-methyl/N-ethyl adjacent to an activating group) is 1. The summed E-state index contributed by atoms with van der Waals surface area (Å²) in [6.45, 7) is 0.224. The van der Waals surface area contributed by atoms with Gasteiger partial charge in [-0.1, -0.05) is 18.2 Å². The van der Waals surface area contributed by atoms with Gasteiger partial charge in [-0.2, -0.15) is 0 Å². The average Bonchev–Trinajstić information content (AvgIpc) is 2.46. The molecule has 0 heterocycles. The zero-order chi connectivity index (χ0) is 13.7. The molecule has 0 fully saturated rings. The molecule has 4 heteroatoms. The maximum Gasteiger partial charge on any atom is 0.246 e. The van der Waals surface area contributed by atoms with Crippen LogP contribution in [0.2, 0.25) is 0 Å². The van der Waals surface area contributed by atoms with Crippen LogP contribution < -0.4 is 10.2 Å². The molecule has 4 nitrogen and oxygen atoms in total.